The molecular weight excluding hydrogens is 234 g/mol. The first-order valence-corrected chi connectivity index (χ1v) is 6.52. The molecule has 1 atom stereocenters. The summed E-state index contributed by atoms with van der Waals surface area (Å²) in [5.74, 6) is -0.584. The van der Waals surface area contributed by atoms with E-state index in [-0.39, 0.29) is 12.5 Å². The Morgan fingerprint density at radius 1 is 1.22 bits per heavy atom. The van der Waals surface area contributed by atoms with Crippen LogP contribution < -0.4 is 11.5 Å². The van der Waals surface area contributed by atoms with Crippen molar-refractivity contribution in [1.29, 1.82) is 0 Å². The van der Waals surface area contributed by atoms with Crippen LogP contribution in [0.3, 0.4) is 0 Å². The van der Waals surface area contributed by atoms with Crippen molar-refractivity contribution in [2.24, 2.45) is 11.5 Å². The van der Waals surface area contributed by atoms with Crippen LogP contribution in [0.15, 0.2) is 0 Å². The molecule has 2 amide bonds. The van der Waals surface area contributed by atoms with Crippen LogP contribution in [-0.4, -0.2) is 48.1 Å². The van der Waals surface area contributed by atoms with E-state index in [9.17, 15) is 9.59 Å². The van der Waals surface area contributed by atoms with Crippen LogP contribution in [-0.2, 0) is 14.3 Å². The maximum atomic E-state index is 12.4. The number of nitrogens with two attached hydrogens (primary N) is 2. The highest BCUT2D eigenvalue weighted by Crippen LogP contribution is 2.28. The molecule has 1 aliphatic heterocycles. The fourth-order valence-electron chi connectivity index (χ4n) is 2.72. The third-order valence-electron chi connectivity index (χ3n) is 3.84. The lowest BCUT2D eigenvalue weighted by Crippen LogP contribution is -2.60. The molecule has 2 fully saturated rings. The Kier molecular flexibility index (Phi) is 3.87. The third kappa shape index (κ3) is 2.64. The lowest BCUT2D eigenvalue weighted by atomic mass is 9.81. The lowest BCUT2D eigenvalue weighted by molar-refractivity contribution is -0.150. The first-order valence-electron chi connectivity index (χ1n) is 6.52. The molecule has 6 nitrogen and oxygen atoms in total. The molecule has 0 aromatic rings. The highest BCUT2D eigenvalue weighted by molar-refractivity contribution is 5.87. The number of carbonyl (C=O) groups is 2. The van der Waals surface area contributed by atoms with Gasteiger partial charge >= 0.3 is 0 Å². The van der Waals surface area contributed by atoms with Crippen LogP contribution in [0.1, 0.15) is 32.1 Å². The molecule has 2 aliphatic rings. The van der Waals surface area contributed by atoms with Gasteiger partial charge in [-0.05, 0) is 12.8 Å². The van der Waals surface area contributed by atoms with Gasteiger partial charge in [-0.2, -0.15) is 0 Å². The second-order valence-electron chi connectivity index (χ2n) is 5.23. The summed E-state index contributed by atoms with van der Waals surface area (Å²) < 4.78 is 5.23. The molecule has 2 rings (SSSR count). The monoisotopic (exact) mass is 255 g/mol. The van der Waals surface area contributed by atoms with Crippen LogP contribution in [0.5, 0.6) is 0 Å². The Balaban J connectivity index is 2.01. The van der Waals surface area contributed by atoms with Crippen molar-refractivity contribution in [3.05, 3.63) is 0 Å². The summed E-state index contributed by atoms with van der Waals surface area (Å²) in [6.45, 7) is 1.06. The van der Waals surface area contributed by atoms with Crippen molar-refractivity contribution < 1.29 is 14.3 Å². The normalized spacial score (nSPS) is 27.8. The average Bonchev–Trinajstić information content (AvgIpc) is 2.39. The fraction of sp³-hybridized carbons (Fsp3) is 0.833. The summed E-state index contributed by atoms with van der Waals surface area (Å²) in [5.41, 5.74) is 10.7. The Labute approximate surface area is 107 Å². The van der Waals surface area contributed by atoms with E-state index < -0.39 is 17.6 Å². The lowest BCUT2D eigenvalue weighted by Gasteiger charge is -2.39. The highest BCUT2D eigenvalue weighted by atomic mass is 16.5. The molecule has 1 unspecified atom stereocenters. The van der Waals surface area contributed by atoms with Gasteiger partial charge in [-0.1, -0.05) is 19.3 Å². The van der Waals surface area contributed by atoms with Crippen LogP contribution in [0.4, 0.5) is 0 Å². The number of nitrogens with zero attached hydrogens (tertiary/aromatic N) is 1. The van der Waals surface area contributed by atoms with Gasteiger partial charge in [0, 0.05) is 6.54 Å². The summed E-state index contributed by atoms with van der Waals surface area (Å²) in [6.07, 6.45) is 3.88. The molecule has 0 bridgehead atoms. The Hall–Kier alpha value is -1.14. The van der Waals surface area contributed by atoms with E-state index >= 15 is 0 Å². The number of rotatable bonds is 2. The maximum Gasteiger partial charge on any atom is 0.248 e. The maximum absolute atomic E-state index is 12.4. The van der Waals surface area contributed by atoms with Crippen molar-refractivity contribution >= 4 is 11.8 Å². The molecule has 4 N–H and O–H groups in total. The molecule has 18 heavy (non-hydrogen) atoms. The van der Waals surface area contributed by atoms with Gasteiger partial charge in [-0.15, -0.1) is 0 Å². The topological polar surface area (TPSA) is 98.7 Å². The van der Waals surface area contributed by atoms with Crippen LogP contribution in [0.2, 0.25) is 0 Å². The van der Waals surface area contributed by atoms with Gasteiger partial charge < -0.3 is 21.1 Å². The van der Waals surface area contributed by atoms with Crippen LogP contribution >= 0.6 is 0 Å². The molecule has 1 saturated heterocycles. The summed E-state index contributed by atoms with van der Waals surface area (Å²) in [4.78, 5) is 25.2. The van der Waals surface area contributed by atoms with E-state index in [4.69, 9.17) is 16.2 Å². The second kappa shape index (κ2) is 5.24. The smallest absolute Gasteiger partial charge is 0.248 e. The average molecular weight is 255 g/mol. The zero-order valence-corrected chi connectivity index (χ0v) is 10.6. The van der Waals surface area contributed by atoms with Crippen molar-refractivity contribution in [2.45, 2.75) is 43.7 Å². The minimum Gasteiger partial charge on any atom is -0.367 e. The summed E-state index contributed by atoms with van der Waals surface area (Å²) >= 11 is 0. The molecule has 0 aromatic carbocycles. The number of primary amides is 1. The molecule has 102 valence electrons. The van der Waals surface area contributed by atoms with Crippen molar-refractivity contribution in [3.8, 4) is 0 Å². The van der Waals surface area contributed by atoms with E-state index in [1.807, 2.05) is 0 Å². The van der Waals surface area contributed by atoms with E-state index in [0.717, 1.165) is 32.1 Å². The van der Waals surface area contributed by atoms with E-state index in [2.05, 4.69) is 0 Å². The fourth-order valence-corrected chi connectivity index (χ4v) is 2.72. The SMILES string of the molecule is NC(=O)C1CN(C(=O)C2(N)CCCCC2)CCO1. The van der Waals surface area contributed by atoms with Gasteiger partial charge in [0.1, 0.15) is 0 Å². The van der Waals surface area contributed by atoms with E-state index in [0.29, 0.717) is 13.2 Å². The Morgan fingerprint density at radius 2 is 1.89 bits per heavy atom. The Bertz CT molecular complexity index is 339. The summed E-state index contributed by atoms with van der Waals surface area (Å²) in [5, 5.41) is 0. The standard InChI is InChI=1S/C12H21N3O3/c13-10(16)9-8-15(6-7-18-9)11(17)12(14)4-2-1-3-5-12/h9H,1-8,14H2,(H2,13,16). The number of hydrogen-bond donors (Lipinski definition) is 2. The van der Waals surface area contributed by atoms with Crippen LogP contribution in [0, 0.1) is 0 Å². The zero-order chi connectivity index (χ0) is 13.2. The second-order valence-corrected chi connectivity index (χ2v) is 5.23. The summed E-state index contributed by atoms with van der Waals surface area (Å²) in [6, 6.07) is 0. The number of amides is 2. The molecule has 0 aromatic heterocycles. The molecule has 0 spiro atoms. The first-order chi connectivity index (χ1) is 8.53. The van der Waals surface area contributed by atoms with Crippen molar-refractivity contribution in [3.63, 3.8) is 0 Å². The minimum absolute atomic E-state index is 0.0586. The molecule has 0 radical (unpaired) electrons. The number of hydrogen-bond acceptors (Lipinski definition) is 4. The molecule has 1 saturated carbocycles. The van der Waals surface area contributed by atoms with Gasteiger partial charge in [0.05, 0.1) is 18.7 Å². The molecular formula is C12H21N3O3. The Morgan fingerprint density at radius 3 is 2.50 bits per heavy atom. The van der Waals surface area contributed by atoms with Crippen molar-refractivity contribution in [2.75, 3.05) is 19.7 Å². The highest BCUT2D eigenvalue weighted by Gasteiger charge is 2.40. The van der Waals surface area contributed by atoms with E-state index in [1.54, 1.807) is 4.90 Å². The van der Waals surface area contributed by atoms with E-state index in [1.165, 1.54) is 0 Å². The molecule has 1 aliphatic carbocycles. The number of ether oxygens (including phenoxy) is 1. The van der Waals surface area contributed by atoms with Gasteiger partial charge in [0.2, 0.25) is 11.8 Å². The van der Waals surface area contributed by atoms with Gasteiger partial charge in [0.25, 0.3) is 0 Å². The number of morpholine rings is 1. The predicted octanol–water partition coefficient (Wildman–Crippen LogP) is -0.639. The van der Waals surface area contributed by atoms with Gasteiger partial charge in [-0.25, -0.2) is 0 Å². The van der Waals surface area contributed by atoms with Crippen molar-refractivity contribution in [1.82, 2.24) is 4.90 Å². The number of carbonyl (C=O) groups excluding carboxylic acids is 2. The predicted molar refractivity (Wildman–Crippen MR) is 65.5 cm³/mol. The quantitative estimate of drug-likeness (QED) is 0.685. The molecule has 6 heteroatoms. The summed E-state index contributed by atoms with van der Waals surface area (Å²) in [7, 11) is 0. The molecule has 1 heterocycles. The van der Waals surface area contributed by atoms with Gasteiger partial charge in [-0.3, -0.25) is 9.59 Å². The largest absolute Gasteiger partial charge is 0.367 e. The third-order valence-corrected chi connectivity index (χ3v) is 3.84. The van der Waals surface area contributed by atoms with Crippen LogP contribution in [0.25, 0.3) is 0 Å². The minimum atomic E-state index is -0.752. The first kappa shape index (κ1) is 13.3. The van der Waals surface area contributed by atoms with Gasteiger partial charge in [0.15, 0.2) is 6.10 Å². The zero-order valence-electron chi connectivity index (χ0n) is 10.6.